The van der Waals surface area contributed by atoms with Gasteiger partial charge in [0.25, 0.3) is 11.8 Å². The Balaban J connectivity index is 1.64. The molecule has 3 rings (SSSR count). The number of hydrogen-bond acceptors (Lipinski definition) is 4. The smallest absolute Gasteiger partial charge is 0.344 e. The molecule has 1 heterocycles. The van der Waals surface area contributed by atoms with Crippen molar-refractivity contribution in [3.8, 4) is 0 Å². The molecule has 1 aliphatic rings. The van der Waals surface area contributed by atoms with E-state index in [4.69, 9.17) is 0 Å². The zero-order valence-electron chi connectivity index (χ0n) is 18.5. The summed E-state index contributed by atoms with van der Waals surface area (Å²) < 4.78 is 0. The van der Waals surface area contributed by atoms with E-state index in [2.05, 4.69) is 10.7 Å². The van der Waals surface area contributed by atoms with Crippen molar-refractivity contribution in [2.75, 3.05) is 11.4 Å². The summed E-state index contributed by atoms with van der Waals surface area (Å²) in [5.41, 5.74) is 4.55. The van der Waals surface area contributed by atoms with E-state index in [-0.39, 0.29) is 12.6 Å². The molecule has 1 aliphatic heterocycles. The highest BCUT2D eigenvalue weighted by atomic mass is 16.2. The van der Waals surface area contributed by atoms with Crippen molar-refractivity contribution >= 4 is 23.5 Å². The highest BCUT2D eigenvalue weighted by Crippen LogP contribution is 2.22. The van der Waals surface area contributed by atoms with E-state index < -0.39 is 23.4 Å². The van der Waals surface area contributed by atoms with Gasteiger partial charge in [-0.25, -0.2) is 4.79 Å². The third-order valence-electron chi connectivity index (χ3n) is 5.56. The van der Waals surface area contributed by atoms with Crippen LogP contribution in [0.25, 0.3) is 0 Å². The number of rotatable bonds is 8. The van der Waals surface area contributed by atoms with Crippen LogP contribution in [-0.2, 0) is 16.0 Å². The largest absolute Gasteiger partial charge is 0.360 e. The maximum atomic E-state index is 12.9. The summed E-state index contributed by atoms with van der Waals surface area (Å²) in [6.07, 6.45) is 1.08. The van der Waals surface area contributed by atoms with Gasteiger partial charge in [-0.3, -0.25) is 15.0 Å². The zero-order valence-corrected chi connectivity index (χ0v) is 18.5. The number of aryl methyl sites for hydroxylation is 2. The minimum Gasteiger partial charge on any atom is -0.360 e. The van der Waals surface area contributed by atoms with E-state index in [0.29, 0.717) is 12.8 Å². The van der Waals surface area contributed by atoms with Crippen LogP contribution in [0.1, 0.15) is 38.3 Å². The van der Waals surface area contributed by atoms with Crippen LogP contribution in [0.2, 0.25) is 0 Å². The number of urea groups is 1. The van der Waals surface area contributed by atoms with Crippen molar-refractivity contribution in [3.05, 3.63) is 65.7 Å². The second-order valence-corrected chi connectivity index (χ2v) is 8.48. The fourth-order valence-electron chi connectivity index (χ4n) is 3.62. The zero-order chi connectivity index (χ0) is 22.6. The van der Waals surface area contributed by atoms with Gasteiger partial charge >= 0.3 is 6.03 Å². The van der Waals surface area contributed by atoms with Crippen LogP contribution in [-0.4, -0.2) is 41.0 Å². The van der Waals surface area contributed by atoms with Crippen LogP contribution in [0.5, 0.6) is 0 Å². The van der Waals surface area contributed by atoms with Crippen molar-refractivity contribution in [1.29, 1.82) is 0 Å². The Bertz CT molecular complexity index is 943. The number of nitrogens with one attached hydrogen (secondary N) is 2. The first-order valence-electron chi connectivity index (χ1n) is 10.5. The SMILES string of the molecule is Cc1ccc(N(CC(=O)NN2C(=O)NC(C)(CCc3ccccc3)C2=O)C(C)C)cc1. The third-order valence-corrected chi connectivity index (χ3v) is 5.56. The summed E-state index contributed by atoms with van der Waals surface area (Å²) in [4.78, 5) is 40.0. The average molecular weight is 423 g/mol. The third kappa shape index (κ3) is 5.23. The van der Waals surface area contributed by atoms with Crippen LogP contribution in [0.4, 0.5) is 10.5 Å². The van der Waals surface area contributed by atoms with Gasteiger partial charge in [-0.2, -0.15) is 5.01 Å². The summed E-state index contributed by atoms with van der Waals surface area (Å²) in [5, 5.41) is 3.54. The van der Waals surface area contributed by atoms with Gasteiger partial charge in [-0.1, -0.05) is 48.0 Å². The average Bonchev–Trinajstić information content (AvgIpc) is 2.95. The van der Waals surface area contributed by atoms with Crippen LogP contribution < -0.4 is 15.6 Å². The van der Waals surface area contributed by atoms with Crippen molar-refractivity contribution in [1.82, 2.24) is 15.8 Å². The second kappa shape index (κ2) is 9.20. The number of anilines is 1. The first-order chi connectivity index (χ1) is 14.7. The van der Waals surface area contributed by atoms with Crippen molar-refractivity contribution in [2.24, 2.45) is 0 Å². The number of hydrogen-bond donors (Lipinski definition) is 2. The summed E-state index contributed by atoms with van der Waals surface area (Å²) in [5.74, 6) is -0.877. The minimum atomic E-state index is -1.06. The molecule has 164 valence electrons. The van der Waals surface area contributed by atoms with E-state index in [1.54, 1.807) is 6.92 Å². The topological polar surface area (TPSA) is 81.8 Å². The van der Waals surface area contributed by atoms with Gasteiger partial charge in [0.2, 0.25) is 0 Å². The Hall–Kier alpha value is -3.35. The highest BCUT2D eigenvalue weighted by molar-refractivity contribution is 6.07. The lowest BCUT2D eigenvalue weighted by atomic mass is 9.93. The number of carbonyl (C=O) groups excluding carboxylic acids is 3. The highest BCUT2D eigenvalue weighted by Gasteiger charge is 2.48. The molecule has 2 N–H and O–H groups in total. The number of amides is 4. The van der Waals surface area contributed by atoms with Crippen LogP contribution in [0.15, 0.2) is 54.6 Å². The summed E-state index contributed by atoms with van der Waals surface area (Å²) in [6, 6.07) is 17.1. The molecule has 0 aliphatic carbocycles. The quantitative estimate of drug-likeness (QED) is 0.640. The molecule has 1 saturated heterocycles. The number of hydrazine groups is 1. The van der Waals surface area contributed by atoms with Gasteiger partial charge in [0.15, 0.2) is 0 Å². The Kier molecular flexibility index (Phi) is 6.63. The van der Waals surface area contributed by atoms with Gasteiger partial charge < -0.3 is 10.2 Å². The second-order valence-electron chi connectivity index (χ2n) is 8.48. The van der Waals surface area contributed by atoms with E-state index in [9.17, 15) is 14.4 Å². The van der Waals surface area contributed by atoms with Crippen molar-refractivity contribution < 1.29 is 14.4 Å². The molecule has 4 amide bonds. The lowest BCUT2D eigenvalue weighted by molar-refractivity contribution is -0.138. The number of imide groups is 1. The number of benzene rings is 2. The molecule has 31 heavy (non-hydrogen) atoms. The van der Waals surface area contributed by atoms with Crippen molar-refractivity contribution in [3.63, 3.8) is 0 Å². The predicted molar refractivity (Wildman–Crippen MR) is 120 cm³/mol. The molecule has 7 nitrogen and oxygen atoms in total. The molecule has 1 atom stereocenters. The summed E-state index contributed by atoms with van der Waals surface area (Å²) >= 11 is 0. The fourth-order valence-corrected chi connectivity index (χ4v) is 3.62. The molecule has 0 radical (unpaired) electrons. The minimum absolute atomic E-state index is 0.0263. The molecule has 1 unspecified atom stereocenters. The number of nitrogens with zero attached hydrogens (tertiary/aromatic N) is 2. The van der Waals surface area contributed by atoms with Crippen molar-refractivity contribution in [2.45, 2.75) is 52.1 Å². The Morgan fingerprint density at radius 1 is 1.10 bits per heavy atom. The lowest BCUT2D eigenvalue weighted by Gasteiger charge is -2.29. The molecule has 2 aromatic rings. The predicted octanol–water partition coefficient (Wildman–Crippen LogP) is 3.18. The molecule has 2 aromatic carbocycles. The van der Waals surface area contributed by atoms with Gasteiger partial charge in [0.1, 0.15) is 5.54 Å². The summed E-state index contributed by atoms with van der Waals surface area (Å²) in [6.45, 7) is 7.69. The maximum absolute atomic E-state index is 12.9. The number of carbonyl (C=O) groups is 3. The monoisotopic (exact) mass is 422 g/mol. The van der Waals surface area contributed by atoms with Crippen LogP contribution >= 0.6 is 0 Å². The van der Waals surface area contributed by atoms with Gasteiger partial charge in [0, 0.05) is 11.7 Å². The van der Waals surface area contributed by atoms with E-state index >= 15 is 0 Å². The van der Waals surface area contributed by atoms with E-state index in [0.717, 1.165) is 21.8 Å². The lowest BCUT2D eigenvalue weighted by Crippen LogP contribution is -2.52. The van der Waals surface area contributed by atoms with Crippen LogP contribution in [0.3, 0.4) is 0 Å². The molecular weight excluding hydrogens is 392 g/mol. The van der Waals surface area contributed by atoms with Gasteiger partial charge in [-0.05, 0) is 58.2 Å². The normalized spacial score (nSPS) is 18.3. The molecule has 0 spiro atoms. The Morgan fingerprint density at radius 3 is 2.35 bits per heavy atom. The van der Waals surface area contributed by atoms with Crippen LogP contribution in [0, 0.1) is 6.92 Å². The molecule has 1 fully saturated rings. The van der Waals surface area contributed by atoms with E-state index in [1.165, 1.54) is 0 Å². The first-order valence-corrected chi connectivity index (χ1v) is 10.5. The molecule has 0 saturated carbocycles. The first kappa shape index (κ1) is 22.3. The Labute approximate surface area is 183 Å². The molecule has 0 bridgehead atoms. The molecule has 0 aromatic heterocycles. The Morgan fingerprint density at radius 2 is 1.74 bits per heavy atom. The fraction of sp³-hybridized carbons (Fsp3) is 0.375. The maximum Gasteiger partial charge on any atom is 0.344 e. The van der Waals surface area contributed by atoms with Gasteiger partial charge in [-0.15, -0.1) is 0 Å². The molecular formula is C24H30N4O3. The molecule has 7 heteroatoms. The van der Waals surface area contributed by atoms with E-state index in [1.807, 2.05) is 80.3 Å². The van der Waals surface area contributed by atoms with Gasteiger partial charge in [0.05, 0.1) is 6.54 Å². The standard InChI is InChI=1S/C24H30N4O3/c1-17(2)27(20-12-10-18(3)11-13-20)16-21(29)26-28-22(30)24(4,25-23(28)31)15-14-19-8-6-5-7-9-19/h5-13,17H,14-16H2,1-4H3,(H,25,31)(H,26,29). The summed E-state index contributed by atoms with van der Waals surface area (Å²) in [7, 11) is 0.